The van der Waals surface area contributed by atoms with Crippen LogP contribution in [0.2, 0.25) is 10.0 Å². The number of benzene rings is 2. The molecule has 4 rings (SSSR count). The van der Waals surface area contributed by atoms with Crippen LogP contribution in [-0.2, 0) is 0 Å². The molecule has 0 N–H and O–H groups in total. The minimum Gasteiger partial charge on any atom is -0.457 e. The van der Waals surface area contributed by atoms with Gasteiger partial charge in [0.15, 0.2) is 5.76 Å². The summed E-state index contributed by atoms with van der Waals surface area (Å²) in [6.45, 7) is 0. The summed E-state index contributed by atoms with van der Waals surface area (Å²) in [6.07, 6.45) is 3.03. The molecule has 2 aromatic carbocycles. The van der Waals surface area contributed by atoms with Crippen molar-refractivity contribution in [3.8, 4) is 22.6 Å². The van der Waals surface area contributed by atoms with E-state index >= 15 is 0 Å². The number of carbonyl (C=O) groups excluding carboxylic acids is 1. The van der Waals surface area contributed by atoms with Crippen LogP contribution in [0.3, 0.4) is 0 Å². The van der Waals surface area contributed by atoms with E-state index < -0.39 is 0 Å². The Morgan fingerprint density at radius 2 is 1.54 bits per heavy atom. The summed E-state index contributed by atoms with van der Waals surface area (Å²) in [4.78, 5) is 12.4. The maximum atomic E-state index is 12.4. The Balaban J connectivity index is 1.49. The summed E-state index contributed by atoms with van der Waals surface area (Å²) >= 11 is 12.1. The molecule has 0 bridgehead atoms. The van der Waals surface area contributed by atoms with Crippen LogP contribution in [0.15, 0.2) is 87.7 Å². The van der Waals surface area contributed by atoms with E-state index in [1.54, 1.807) is 42.5 Å². The van der Waals surface area contributed by atoms with Gasteiger partial charge in [0.25, 0.3) is 0 Å². The Labute approximate surface area is 171 Å². The fraction of sp³-hybridized carbons (Fsp3) is 0. The van der Waals surface area contributed by atoms with Crippen molar-refractivity contribution in [3.05, 3.63) is 100 Å². The second kappa shape index (κ2) is 7.93. The summed E-state index contributed by atoms with van der Waals surface area (Å²) < 4.78 is 11.4. The zero-order valence-electron chi connectivity index (χ0n) is 14.6. The number of ketones is 1. The first-order valence-corrected chi connectivity index (χ1v) is 9.29. The molecule has 3 nitrogen and oxygen atoms in total. The molecule has 2 heterocycles. The standard InChI is InChI=1S/C23H14Cl2O3/c24-16-7-5-15(6-8-16)21-12-10-17(27-21)9-11-20(26)23-14-13-22(28-23)18-3-1-2-4-19(18)25/h1-14H/b11-9+. The van der Waals surface area contributed by atoms with Crippen molar-refractivity contribution in [3.63, 3.8) is 0 Å². The predicted octanol–water partition coefficient (Wildman–Crippen LogP) is 7.41. The Kier molecular flexibility index (Phi) is 5.20. The highest BCUT2D eigenvalue weighted by atomic mass is 35.5. The predicted molar refractivity (Wildman–Crippen MR) is 112 cm³/mol. The fourth-order valence-corrected chi connectivity index (χ4v) is 3.08. The molecular weight excluding hydrogens is 395 g/mol. The largest absolute Gasteiger partial charge is 0.457 e. The van der Waals surface area contributed by atoms with E-state index in [0.29, 0.717) is 27.3 Å². The Hall–Kier alpha value is -3.01. The number of hydrogen-bond donors (Lipinski definition) is 0. The number of halogens is 2. The highest BCUT2D eigenvalue weighted by Gasteiger charge is 2.12. The molecular formula is C23H14Cl2O3. The monoisotopic (exact) mass is 408 g/mol. The van der Waals surface area contributed by atoms with E-state index in [2.05, 4.69) is 0 Å². The first-order valence-electron chi connectivity index (χ1n) is 8.53. The number of furan rings is 2. The SMILES string of the molecule is O=C(/C=C/c1ccc(-c2ccc(Cl)cc2)o1)c1ccc(-c2ccccc2Cl)o1. The minimum atomic E-state index is -0.261. The molecule has 0 atom stereocenters. The number of allylic oxidation sites excluding steroid dienone is 1. The molecule has 0 aliphatic carbocycles. The van der Waals surface area contributed by atoms with E-state index in [4.69, 9.17) is 32.0 Å². The van der Waals surface area contributed by atoms with Gasteiger partial charge in [0.2, 0.25) is 5.78 Å². The summed E-state index contributed by atoms with van der Waals surface area (Å²) in [5, 5.41) is 1.23. The second-order valence-corrected chi connectivity index (χ2v) is 6.89. The number of hydrogen-bond acceptors (Lipinski definition) is 3. The van der Waals surface area contributed by atoms with E-state index in [-0.39, 0.29) is 11.5 Å². The molecule has 138 valence electrons. The maximum absolute atomic E-state index is 12.4. The van der Waals surface area contributed by atoms with Crippen LogP contribution in [-0.4, -0.2) is 5.78 Å². The summed E-state index contributed by atoms with van der Waals surface area (Å²) in [5.41, 5.74) is 1.65. The van der Waals surface area contributed by atoms with Crippen LogP contribution >= 0.6 is 23.2 Å². The first-order chi connectivity index (χ1) is 13.6. The Bertz CT molecular complexity index is 1150. The van der Waals surface area contributed by atoms with Gasteiger partial charge in [-0.15, -0.1) is 0 Å². The van der Waals surface area contributed by atoms with Gasteiger partial charge in [-0.3, -0.25) is 4.79 Å². The molecule has 0 aliphatic heterocycles. The summed E-state index contributed by atoms with van der Waals surface area (Å²) in [7, 11) is 0. The molecule has 0 fully saturated rings. The highest BCUT2D eigenvalue weighted by Crippen LogP contribution is 2.29. The van der Waals surface area contributed by atoms with Crippen molar-refractivity contribution in [2.75, 3.05) is 0 Å². The lowest BCUT2D eigenvalue weighted by molar-refractivity contribution is 0.102. The van der Waals surface area contributed by atoms with Crippen LogP contribution in [0.25, 0.3) is 28.7 Å². The third-order valence-electron chi connectivity index (χ3n) is 4.14. The van der Waals surface area contributed by atoms with Crippen molar-refractivity contribution in [2.24, 2.45) is 0 Å². The van der Waals surface area contributed by atoms with Gasteiger partial charge in [-0.1, -0.05) is 35.3 Å². The molecule has 0 aliphatic rings. The molecule has 0 saturated carbocycles. The highest BCUT2D eigenvalue weighted by molar-refractivity contribution is 6.33. The number of carbonyl (C=O) groups is 1. The van der Waals surface area contributed by atoms with Crippen LogP contribution in [0.4, 0.5) is 0 Å². The van der Waals surface area contributed by atoms with Crippen molar-refractivity contribution in [1.29, 1.82) is 0 Å². The zero-order chi connectivity index (χ0) is 19.5. The summed E-state index contributed by atoms with van der Waals surface area (Å²) in [6, 6.07) is 21.7. The van der Waals surface area contributed by atoms with Crippen LogP contribution in [0.5, 0.6) is 0 Å². The Morgan fingerprint density at radius 3 is 2.32 bits per heavy atom. The molecule has 0 unspecified atom stereocenters. The van der Waals surface area contributed by atoms with Gasteiger partial charge in [0.1, 0.15) is 17.3 Å². The van der Waals surface area contributed by atoms with Gasteiger partial charge >= 0.3 is 0 Å². The quantitative estimate of drug-likeness (QED) is 0.255. The van der Waals surface area contributed by atoms with Gasteiger partial charge < -0.3 is 8.83 Å². The molecule has 0 spiro atoms. The van der Waals surface area contributed by atoms with Crippen molar-refractivity contribution < 1.29 is 13.6 Å². The van der Waals surface area contributed by atoms with E-state index in [1.165, 1.54) is 6.08 Å². The van der Waals surface area contributed by atoms with Gasteiger partial charge in [0, 0.05) is 16.1 Å². The lowest BCUT2D eigenvalue weighted by Crippen LogP contribution is -1.90. The fourth-order valence-electron chi connectivity index (χ4n) is 2.73. The third-order valence-corrected chi connectivity index (χ3v) is 4.72. The van der Waals surface area contributed by atoms with Gasteiger partial charge in [-0.05, 0) is 72.8 Å². The van der Waals surface area contributed by atoms with Gasteiger partial charge in [-0.2, -0.15) is 0 Å². The molecule has 0 amide bonds. The number of rotatable bonds is 5. The minimum absolute atomic E-state index is 0.232. The molecule has 5 heteroatoms. The average molecular weight is 409 g/mol. The summed E-state index contributed by atoms with van der Waals surface area (Å²) in [5.74, 6) is 1.78. The van der Waals surface area contributed by atoms with Gasteiger partial charge in [-0.25, -0.2) is 0 Å². The molecule has 4 aromatic rings. The van der Waals surface area contributed by atoms with Crippen molar-refractivity contribution in [1.82, 2.24) is 0 Å². The van der Waals surface area contributed by atoms with Crippen LogP contribution in [0.1, 0.15) is 16.3 Å². The topological polar surface area (TPSA) is 43.4 Å². The van der Waals surface area contributed by atoms with Crippen molar-refractivity contribution >= 4 is 35.1 Å². The molecule has 0 saturated heterocycles. The second-order valence-electron chi connectivity index (χ2n) is 6.05. The molecule has 0 radical (unpaired) electrons. The van der Waals surface area contributed by atoms with Gasteiger partial charge in [0.05, 0.1) is 5.02 Å². The lowest BCUT2D eigenvalue weighted by Gasteiger charge is -1.99. The Morgan fingerprint density at radius 1 is 0.786 bits per heavy atom. The molecule has 28 heavy (non-hydrogen) atoms. The van der Waals surface area contributed by atoms with Crippen LogP contribution < -0.4 is 0 Å². The van der Waals surface area contributed by atoms with Crippen LogP contribution in [0, 0.1) is 0 Å². The average Bonchev–Trinajstić information content (AvgIpc) is 3.37. The zero-order valence-corrected chi connectivity index (χ0v) is 16.1. The van der Waals surface area contributed by atoms with E-state index in [1.807, 2.05) is 36.4 Å². The smallest absolute Gasteiger partial charge is 0.221 e. The molecule has 2 aromatic heterocycles. The van der Waals surface area contributed by atoms with E-state index in [9.17, 15) is 4.79 Å². The first kappa shape index (κ1) is 18.4. The third kappa shape index (κ3) is 3.96. The van der Waals surface area contributed by atoms with E-state index in [0.717, 1.165) is 11.1 Å². The lowest BCUT2D eigenvalue weighted by atomic mass is 10.2. The van der Waals surface area contributed by atoms with Crippen molar-refractivity contribution in [2.45, 2.75) is 0 Å². The normalized spacial score (nSPS) is 11.2. The maximum Gasteiger partial charge on any atom is 0.221 e.